The van der Waals surface area contributed by atoms with Gasteiger partial charge in [-0.15, -0.1) is 0 Å². The number of carbonyl (C=O) groups is 1. The van der Waals surface area contributed by atoms with Gasteiger partial charge in [-0.3, -0.25) is 9.69 Å². The minimum absolute atomic E-state index is 0.0369. The van der Waals surface area contributed by atoms with E-state index in [4.69, 9.17) is 4.42 Å². The van der Waals surface area contributed by atoms with Gasteiger partial charge in [-0.1, -0.05) is 6.07 Å². The number of aryl methyl sites for hydroxylation is 2. The number of rotatable bonds is 3. The second-order valence-electron chi connectivity index (χ2n) is 6.38. The minimum Gasteiger partial charge on any atom is -0.422 e. The Morgan fingerprint density at radius 3 is 2.87 bits per heavy atom. The monoisotopic (exact) mass is 314 g/mol. The van der Waals surface area contributed by atoms with E-state index in [1.54, 1.807) is 13.1 Å². The van der Waals surface area contributed by atoms with E-state index in [0.717, 1.165) is 41.6 Å². The predicted molar refractivity (Wildman–Crippen MR) is 89.4 cm³/mol. The molecule has 0 bridgehead atoms. The molecule has 5 heteroatoms. The fourth-order valence-corrected chi connectivity index (χ4v) is 3.44. The molecule has 1 saturated heterocycles. The maximum absolute atomic E-state index is 11.9. The maximum atomic E-state index is 11.9. The Hall–Kier alpha value is -2.14. The summed E-state index contributed by atoms with van der Waals surface area (Å²) in [7, 11) is 1.67. The van der Waals surface area contributed by atoms with E-state index in [-0.39, 0.29) is 17.5 Å². The maximum Gasteiger partial charge on any atom is 0.336 e. The standard InChI is InChI=1S/C18H22N2O3/c1-11-6-12(2)17-15(7-11)14(8-16(21)23-17)10-20-5-4-13(9-20)18(22)19-3/h6-8,13H,4-5,9-10H2,1-3H3,(H,19,22). The van der Waals surface area contributed by atoms with E-state index in [2.05, 4.69) is 16.3 Å². The summed E-state index contributed by atoms with van der Waals surface area (Å²) >= 11 is 0. The summed E-state index contributed by atoms with van der Waals surface area (Å²) in [5.41, 5.74) is 3.45. The van der Waals surface area contributed by atoms with Crippen molar-refractivity contribution >= 4 is 16.9 Å². The number of nitrogens with one attached hydrogen (secondary N) is 1. The van der Waals surface area contributed by atoms with Crippen LogP contribution in [-0.4, -0.2) is 30.9 Å². The van der Waals surface area contributed by atoms with Crippen molar-refractivity contribution in [1.29, 1.82) is 0 Å². The topological polar surface area (TPSA) is 62.6 Å². The summed E-state index contributed by atoms with van der Waals surface area (Å²) in [4.78, 5) is 25.9. The van der Waals surface area contributed by atoms with Crippen molar-refractivity contribution in [1.82, 2.24) is 10.2 Å². The van der Waals surface area contributed by atoms with Crippen molar-refractivity contribution in [2.45, 2.75) is 26.8 Å². The third-order valence-electron chi connectivity index (χ3n) is 4.54. The van der Waals surface area contributed by atoms with Gasteiger partial charge in [0.05, 0.1) is 5.92 Å². The van der Waals surface area contributed by atoms with Crippen LogP contribution >= 0.6 is 0 Å². The normalized spacial score (nSPS) is 18.5. The fraction of sp³-hybridized carbons (Fsp3) is 0.444. The first-order valence-corrected chi connectivity index (χ1v) is 7.96. The summed E-state index contributed by atoms with van der Waals surface area (Å²) in [6.07, 6.45) is 0.858. The highest BCUT2D eigenvalue weighted by molar-refractivity contribution is 5.83. The highest BCUT2D eigenvalue weighted by atomic mass is 16.4. The molecule has 0 aliphatic carbocycles. The van der Waals surface area contributed by atoms with Crippen molar-refractivity contribution in [3.63, 3.8) is 0 Å². The average molecular weight is 314 g/mol. The SMILES string of the molecule is CNC(=O)C1CCN(Cc2cc(=O)oc3c(C)cc(C)cc23)C1. The molecule has 23 heavy (non-hydrogen) atoms. The van der Waals surface area contributed by atoms with Crippen LogP contribution in [0, 0.1) is 19.8 Å². The second kappa shape index (κ2) is 6.16. The van der Waals surface area contributed by atoms with Crippen molar-refractivity contribution in [2.75, 3.05) is 20.1 Å². The largest absolute Gasteiger partial charge is 0.422 e. The number of hydrogen-bond acceptors (Lipinski definition) is 4. The fourth-order valence-electron chi connectivity index (χ4n) is 3.44. The van der Waals surface area contributed by atoms with Gasteiger partial charge in [0.2, 0.25) is 5.91 Å². The molecule has 3 rings (SSSR count). The zero-order chi connectivity index (χ0) is 16.6. The summed E-state index contributed by atoms with van der Waals surface area (Å²) in [5.74, 6) is 0.131. The number of nitrogens with zero attached hydrogens (tertiary/aromatic N) is 1. The van der Waals surface area contributed by atoms with Gasteiger partial charge in [-0.05, 0) is 49.6 Å². The van der Waals surface area contributed by atoms with Crippen molar-refractivity contribution in [3.8, 4) is 0 Å². The lowest BCUT2D eigenvalue weighted by Gasteiger charge is -2.17. The molecule has 1 aliphatic rings. The van der Waals surface area contributed by atoms with E-state index >= 15 is 0 Å². The van der Waals surface area contributed by atoms with Gasteiger partial charge >= 0.3 is 5.63 Å². The third-order valence-corrected chi connectivity index (χ3v) is 4.54. The number of likely N-dealkylation sites (tertiary alicyclic amines) is 1. The Labute approximate surface area is 135 Å². The Balaban J connectivity index is 1.92. The number of fused-ring (bicyclic) bond motifs is 1. The van der Waals surface area contributed by atoms with E-state index in [1.807, 2.05) is 19.9 Å². The van der Waals surface area contributed by atoms with Gasteiger partial charge in [-0.25, -0.2) is 4.79 Å². The zero-order valence-corrected chi connectivity index (χ0v) is 13.8. The second-order valence-corrected chi connectivity index (χ2v) is 6.38. The predicted octanol–water partition coefficient (Wildman–Crippen LogP) is 1.98. The van der Waals surface area contributed by atoms with E-state index in [1.165, 1.54) is 0 Å². The molecule has 1 N–H and O–H groups in total. The molecular formula is C18H22N2O3. The number of hydrogen-bond donors (Lipinski definition) is 1. The molecule has 5 nitrogen and oxygen atoms in total. The highest BCUT2D eigenvalue weighted by Gasteiger charge is 2.28. The molecule has 2 heterocycles. The first-order chi connectivity index (χ1) is 11.0. The molecule has 0 spiro atoms. The molecule has 0 saturated carbocycles. The molecule has 1 unspecified atom stereocenters. The van der Waals surface area contributed by atoms with Crippen LogP contribution in [-0.2, 0) is 11.3 Å². The van der Waals surface area contributed by atoms with Crippen molar-refractivity contribution < 1.29 is 9.21 Å². The Kier molecular flexibility index (Phi) is 4.22. The van der Waals surface area contributed by atoms with Crippen LogP contribution in [0.3, 0.4) is 0 Å². The van der Waals surface area contributed by atoms with Gasteiger partial charge in [0.25, 0.3) is 0 Å². The van der Waals surface area contributed by atoms with Crippen LogP contribution in [0.5, 0.6) is 0 Å². The van der Waals surface area contributed by atoms with Crippen molar-refractivity contribution in [2.24, 2.45) is 5.92 Å². The van der Waals surface area contributed by atoms with E-state index in [0.29, 0.717) is 12.1 Å². The van der Waals surface area contributed by atoms with Crippen LogP contribution in [0.25, 0.3) is 11.0 Å². The summed E-state index contributed by atoms with van der Waals surface area (Å²) in [5, 5.41) is 3.71. The molecule has 1 aliphatic heterocycles. The molecule has 122 valence electrons. The van der Waals surface area contributed by atoms with Crippen LogP contribution in [0.1, 0.15) is 23.1 Å². The minimum atomic E-state index is -0.318. The van der Waals surface area contributed by atoms with Gasteiger partial charge < -0.3 is 9.73 Å². The Bertz CT molecular complexity index is 810. The van der Waals surface area contributed by atoms with Gasteiger partial charge in [-0.2, -0.15) is 0 Å². The molecule has 1 amide bonds. The molecule has 1 aromatic carbocycles. The van der Waals surface area contributed by atoms with Crippen molar-refractivity contribution in [3.05, 3.63) is 45.3 Å². The molecular weight excluding hydrogens is 292 g/mol. The number of amides is 1. The molecule has 0 radical (unpaired) electrons. The highest BCUT2D eigenvalue weighted by Crippen LogP contribution is 2.25. The molecule has 1 fully saturated rings. The van der Waals surface area contributed by atoms with E-state index < -0.39 is 0 Å². The third kappa shape index (κ3) is 3.15. The first kappa shape index (κ1) is 15.7. The summed E-state index contributed by atoms with van der Waals surface area (Å²) in [6, 6.07) is 5.66. The quantitative estimate of drug-likeness (QED) is 0.880. The number of benzene rings is 1. The molecule has 1 atom stereocenters. The molecule has 2 aromatic rings. The van der Waals surface area contributed by atoms with Crippen LogP contribution in [0.15, 0.2) is 27.4 Å². The van der Waals surface area contributed by atoms with Gasteiger partial charge in [0.1, 0.15) is 5.58 Å². The van der Waals surface area contributed by atoms with Crippen LogP contribution in [0.4, 0.5) is 0 Å². The van der Waals surface area contributed by atoms with Gasteiger partial charge in [0.15, 0.2) is 0 Å². The Morgan fingerprint density at radius 2 is 2.13 bits per heavy atom. The smallest absolute Gasteiger partial charge is 0.336 e. The lowest BCUT2D eigenvalue weighted by Crippen LogP contribution is -2.30. The summed E-state index contributed by atoms with van der Waals surface area (Å²) in [6.45, 7) is 6.26. The summed E-state index contributed by atoms with van der Waals surface area (Å²) < 4.78 is 5.39. The van der Waals surface area contributed by atoms with Gasteiger partial charge in [0, 0.05) is 31.6 Å². The number of carbonyl (C=O) groups excluding carboxylic acids is 1. The molecule has 1 aromatic heterocycles. The first-order valence-electron chi connectivity index (χ1n) is 7.96. The lowest BCUT2D eigenvalue weighted by molar-refractivity contribution is -0.124. The Morgan fingerprint density at radius 1 is 1.35 bits per heavy atom. The zero-order valence-electron chi connectivity index (χ0n) is 13.8. The van der Waals surface area contributed by atoms with Crippen LogP contribution < -0.4 is 10.9 Å². The average Bonchev–Trinajstić information content (AvgIpc) is 2.96. The van der Waals surface area contributed by atoms with E-state index in [9.17, 15) is 9.59 Å². The lowest BCUT2D eigenvalue weighted by atomic mass is 10.0. The van der Waals surface area contributed by atoms with Crippen LogP contribution in [0.2, 0.25) is 0 Å².